The Balaban J connectivity index is 1.56. The van der Waals surface area contributed by atoms with Gasteiger partial charge in [0.05, 0.1) is 11.1 Å². The van der Waals surface area contributed by atoms with E-state index in [9.17, 15) is 8.42 Å². The normalized spacial score (nSPS) is 17.9. The summed E-state index contributed by atoms with van der Waals surface area (Å²) < 4.78 is 22.5. The lowest BCUT2D eigenvalue weighted by molar-refractivity contribution is 0.444. The largest absolute Gasteiger partial charge is 0.355 e. The molecule has 140 valence electrons. The highest BCUT2D eigenvalue weighted by Crippen LogP contribution is 2.21. The van der Waals surface area contributed by atoms with Gasteiger partial charge in [-0.1, -0.05) is 19.1 Å². The molecule has 8 nitrogen and oxygen atoms in total. The van der Waals surface area contributed by atoms with Crippen LogP contribution in [-0.4, -0.2) is 43.2 Å². The predicted octanol–water partition coefficient (Wildman–Crippen LogP) is 1.41. The second-order valence-electron chi connectivity index (χ2n) is 6.70. The number of hydrogen-bond acceptors (Lipinski definition) is 7. The van der Waals surface area contributed by atoms with Crippen LogP contribution in [0.15, 0.2) is 35.4 Å². The summed E-state index contributed by atoms with van der Waals surface area (Å²) in [7, 11) is -3.65. The van der Waals surface area contributed by atoms with Crippen LogP contribution in [0.1, 0.15) is 25.3 Å². The van der Waals surface area contributed by atoms with Crippen molar-refractivity contribution in [2.24, 2.45) is 11.1 Å². The Morgan fingerprint density at radius 3 is 2.77 bits per heavy atom. The number of primary sulfonamides is 1. The predicted molar refractivity (Wildman–Crippen MR) is 100 cm³/mol. The molecule has 1 aromatic heterocycles. The Kier molecular flexibility index (Phi) is 5.67. The standard InChI is InChI=1S/C17H24N6O2S/c1-13-3-2-10-23(12-13)16-11-20-22-17(21-16)19-9-8-14-4-6-15(7-5-14)26(18,24)25/h4-7,11,13H,2-3,8-10,12H2,1H3,(H2,18,24,25)(H,19,21,22). The molecule has 0 amide bonds. The number of rotatable bonds is 6. The van der Waals surface area contributed by atoms with Crippen LogP contribution >= 0.6 is 0 Å². The number of aromatic nitrogens is 3. The number of hydrogen-bond donors (Lipinski definition) is 2. The molecule has 3 rings (SSSR count). The van der Waals surface area contributed by atoms with Crippen LogP contribution in [0.3, 0.4) is 0 Å². The molecule has 0 saturated carbocycles. The van der Waals surface area contributed by atoms with Crippen LogP contribution < -0.4 is 15.4 Å². The monoisotopic (exact) mass is 376 g/mol. The first-order chi connectivity index (χ1) is 12.4. The number of nitrogens with zero attached hydrogens (tertiary/aromatic N) is 4. The lowest BCUT2D eigenvalue weighted by Crippen LogP contribution is -2.35. The molecule has 1 aromatic carbocycles. The Bertz CT molecular complexity index is 841. The molecule has 1 unspecified atom stereocenters. The highest BCUT2D eigenvalue weighted by atomic mass is 32.2. The number of piperidine rings is 1. The van der Waals surface area contributed by atoms with E-state index < -0.39 is 10.0 Å². The molecular weight excluding hydrogens is 352 g/mol. The average molecular weight is 376 g/mol. The van der Waals surface area contributed by atoms with Gasteiger partial charge < -0.3 is 10.2 Å². The molecule has 0 spiro atoms. The average Bonchev–Trinajstić information content (AvgIpc) is 2.62. The first kappa shape index (κ1) is 18.5. The third-order valence-corrected chi connectivity index (χ3v) is 5.41. The van der Waals surface area contributed by atoms with Crippen LogP contribution in [0.2, 0.25) is 0 Å². The van der Waals surface area contributed by atoms with Crippen LogP contribution in [0.4, 0.5) is 11.8 Å². The van der Waals surface area contributed by atoms with E-state index in [0.717, 1.165) is 24.5 Å². The van der Waals surface area contributed by atoms with Gasteiger partial charge in [-0.15, -0.1) is 5.10 Å². The number of nitrogens with two attached hydrogens (primary N) is 1. The molecule has 1 fully saturated rings. The van der Waals surface area contributed by atoms with Gasteiger partial charge in [0.2, 0.25) is 16.0 Å². The minimum atomic E-state index is -3.65. The van der Waals surface area contributed by atoms with Crippen molar-refractivity contribution in [2.75, 3.05) is 29.9 Å². The second kappa shape index (κ2) is 7.96. The zero-order valence-corrected chi connectivity index (χ0v) is 15.6. The van der Waals surface area contributed by atoms with Gasteiger partial charge in [-0.05, 0) is 42.9 Å². The van der Waals surface area contributed by atoms with Crippen LogP contribution in [0.5, 0.6) is 0 Å². The van der Waals surface area contributed by atoms with Crippen molar-refractivity contribution in [3.63, 3.8) is 0 Å². The molecule has 1 atom stereocenters. The third-order valence-electron chi connectivity index (χ3n) is 4.48. The smallest absolute Gasteiger partial charge is 0.244 e. The minimum absolute atomic E-state index is 0.116. The fourth-order valence-electron chi connectivity index (χ4n) is 3.08. The number of sulfonamides is 1. The van der Waals surface area contributed by atoms with E-state index in [2.05, 4.69) is 32.3 Å². The molecule has 0 aliphatic carbocycles. The maximum absolute atomic E-state index is 11.3. The van der Waals surface area contributed by atoms with E-state index >= 15 is 0 Å². The summed E-state index contributed by atoms with van der Waals surface area (Å²) in [6, 6.07) is 6.54. The van der Waals surface area contributed by atoms with Gasteiger partial charge in [0, 0.05) is 19.6 Å². The first-order valence-electron chi connectivity index (χ1n) is 8.72. The van der Waals surface area contributed by atoms with Crippen LogP contribution in [0.25, 0.3) is 0 Å². The summed E-state index contributed by atoms with van der Waals surface area (Å²) in [5.41, 5.74) is 0.999. The Hall–Kier alpha value is -2.26. The van der Waals surface area contributed by atoms with Crippen LogP contribution in [-0.2, 0) is 16.4 Å². The second-order valence-corrected chi connectivity index (χ2v) is 8.26. The number of benzene rings is 1. The van der Waals surface area contributed by atoms with Gasteiger partial charge in [-0.25, -0.2) is 13.6 Å². The summed E-state index contributed by atoms with van der Waals surface area (Å²) in [6.45, 7) is 4.87. The van der Waals surface area contributed by atoms with Crippen LogP contribution in [0, 0.1) is 5.92 Å². The van der Waals surface area contributed by atoms with Gasteiger partial charge in [0.1, 0.15) is 0 Å². The highest BCUT2D eigenvalue weighted by Gasteiger charge is 2.18. The molecule has 0 radical (unpaired) electrons. The van der Waals surface area contributed by atoms with Gasteiger partial charge in [-0.3, -0.25) is 0 Å². The molecule has 9 heteroatoms. The summed E-state index contributed by atoms with van der Waals surface area (Å²) in [6.07, 6.45) is 4.83. The van der Waals surface area contributed by atoms with Crippen molar-refractivity contribution in [1.29, 1.82) is 0 Å². The van der Waals surface area contributed by atoms with E-state index in [4.69, 9.17) is 5.14 Å². The van der Waals surface area contributed by atoms with Gasteiger partial charge in [0.15, 0.2) is 5.82 Å². The van der Waals surface area contributed by atoms with Gasteiger partial charge >= 0.3 is 0 Å². The van der Waals surface area contributed by atoms with E-state index in [1.54, 1.807) is 18.3 Å². The zero-order chi connectivity index (χ0) is 18.6. The lowest BCUT2D eigenvalue weighted by Gasteiger charge is -2.31. The Morgan fingerprint density at radius 1 is 1.31 bits per heavy atom. The summed E-state index contributed by atoms with van der Waals surface area (Å²) in [5, 5.41) is 16.4. The maximum atomic E-state index is 11.3. The fraction of sp³-hybridized carbons (Fsp3) is 0.471. The van der Waals surface area contributed by atoms with E-state index in [0.29, 0.717) is 24.8 Å². The van der Waals surface area contributed by atoms with E-state index in [-0.39, 0.29) is 4.90 Å². The number of nitrogens with one attached hydrogen (secondary N) is 1. The summed E-state index contributed by atoms with van der Waals surface area (Å²) >= 11 is 0. The summed E-state index contributed by atoms with van der Waals surface area (Å²) in [5.74, 6) is 2.02. The van der Waals surface area contributed by atoms with Crippen molar-refractivity contribution in [1.82, 2.24) is 15.2 Å². The molecule has 3 N–H and O–H groups in total. The first-order valence-corrected chi connectivity index (χ1v) is 10.3. The minimum Gasteiger partial charge on any atom is -0.355 e. The molecule has 0 bridgehead atoms. The van der Waals surface area contributed by atoms with E-state index in [1.165, 1.54) is 25.0 Å². The highest BCUT2D eigenvalue weighted by molar-refractivity contribution is 7.89. The van der Waals surface area contributed by atoms with Gasteiger partial charge in [-0.2, -0.15) is 10.1 Å². The molecule has 26 heavy (non-hydrogen) atoms. The fourth-order valence-corrected chi connectivity index (χ4v) is 3.60. The lowest BCUT2D eigenvalue weighted by atomic mass is 10.0. The molecule has 1 saturated heterocycles. The zero-order valence-electron chi connectivity index (χ0n) is 14.8. The Morgan fingerprint density at radius 2 is 2.08 bits per heavy atom. The Labute approximate surface area is 153 Å². The van der Waals surface area contributed by atoms with Crippen molar-refractivity contribution < 1.29 is 8.42 Å². The SMILES string of the molecule is CC1CCCN(c2cnnc(NCCc3ccc(S(N)(=O)=O)cc3)n2)C1. The van der Waals surface area contributed by atoms with Crippen molar-refractivity contribution in [3.05, 3.63) is 36.0 Å². The molecule has 2 heterocycles. The quantitative estimate of drug-likeness (QED) is 0.783. The van der Waals surface area contributed by atoms with Crippen molar-refractivity contribution >= 4 is 21.8 Å². The molecule has 2 aromatic rings. The van der Waals surface area contributed by atoms with Crippen molar-refractivity contribution in [3.8, 4) is 0 Å². The maximum Gasteiger partial charge on any atom is 0.244 e. The molecular formula is C17H24N6O2S. The van der Waals surface area contributed by atoms with Gasteiger partial charge in [0.25, 0.3) is 0 Å². The third kappa shape index (κ3) is 4.89. The number of anilines is 2. The van der Waals surface area contributed by atoms with Crippen molar-refractivity contribution in [2.45, 2.75) is 31.1 Å². The van der Waals surface area contributed by atoms with E-state index in [1.807, 2.05) is 0 Å². The summed E-state index contributed by atoms with van der Waals surface area (Å²) in [4.78, 5) is 6.92. The molecule has 1 aliphatic rings. The topological polar surface area (TPSA) is 114 Å². The molecule has 1 aliphatic heterocycles.